The average molecular weight is 397 g/mol. The number of ether oxygens (including phenoxy) is 2. The van der Waals surface area contributed by atoms with E-state index in [2.05, 4.69) is 0 Å². The van der Waals surface area contributed by atoms with E-state index < -0.39 is 17.5 Å². The summed E-state index contributed by atoms with van der Waals surface area (Å²) in [6.07, 6.45) is -0.167. The summed E-state index contributed by atoms with van der Waals surface area (Å²) in [5.41, 5.74) is 0.166. The third-order valence-corrected chi connectivity index (χ3v) is 4.20. The molecule has 0 aliphatic rings. The molecule has 0 aliphatic heterocycles. The lowest BCUT2D eigenvalue weighted by molar-refractivity contribution is -0.171. The number of carbonyl (C=O) groups excluding carboxylic acids is 2. The minimum absolute atomic E-state index is 0.167. The first-order chi connectivity index (χ1) is 12.1. The number of rotatable bonds is 5. The van der Waals surface area contributed by atoms with Crippen LogP contribution < -0.4 is 4.74 Å². The molecule has 0 heterocycles. The maximum absolute atomic E-state index is 12.1. The van der Waals surface area contributed by atoms with Crippen LogP contribution in [0.25, 0.3) is 11.1 Å². The van der Waals surface area contributed by atoms with Crippen molar-refractivity contribution in [2.75, 3.05) is 7.11 Å². The van der Waals surface area contributed by atoms with Gasteiger partial charge in [0.2, 0.25) is 0 Å². The van der Waals surface area contributed by atoms with Crippen LogP contribution in [0.4, 0.5) is 0 Å². The lowest BCUT2D eigenvalue weighted by atomic mass is 9.97. The number of hydrogen-bond acceptors (Lipinski definition) is 5. The average Bonchev–Trinajstić information content (AvgIpc) is 2.55. The van der Waals surface area contributed by atoms with Gasteiger partial charge in [0.15, 0.2) is 5.60 Å². The Morgan fingerprint density at radius 3 is 2.35 bits per heavy atom. The summed E-state index contributed by atoms with van der Waals surface area (Å²) in [7, 11) is 1.49. The predicted molar refractivity (Wildman–Crippen MR) is 99.6 cm³/mol. The lowest BCUT2D eigenvalue weighted by Crippen LogP contribution is -2.35. The summed E-state index contributed by atoms with van der Waals surface area (Å²) in [6.45, 7) is 2.49. The van der Waals surface area contributed by atoms with Gasteiger partial charge in [-0.3, -0.25) is 4.79 Å². The number of esters is 2. The van der Waals surface area contributed by atoms with Gasteiger partial charge in [-0.1, -0.05) is 47.5 Å². The van der Waals surface area contributed by atoms with Crippen molar-refractivity contribution < 1.29 is 24.2 Å². The van der Waals surface area contributed by atoms with Gasteiger partial charge in [0, 0.05) is 5.56 Å². The Labute approximate surface area is 161 Å². The number of aliphatic hydroxyl groups is 1. The molecule has 26 heavy (non-hydrogen) atoms. The summed E-state index contributed by atoms with van der Waals surface area (Å²) >= 11 is 12.4. The van der Waals surface area contributed by atoms with Crippen LogP contribution in [0.15, 0.2) is 36.4 Å². The highest BCUT2D eigenvalue weighted by molar-refractivity contribution is 6.37. The standard InChI is InChI=1S/C19H18Cl2O5/c1-19(2,24)18(23)26-17(22)8-11-6-4-5-7-12(11)13-9-16(25-3)15(21)10-14(13)20/h4-7,9-10,24H,8H2,1-3H3. The number of halogens is 2. The molecule has 7 heteroatoms. The maximum atomic E-state index is 12.1. The van der Waals surface area contributed by atoms with E-state index in [1.54, 1.807) is 36.4 Å². The van der Waals surface area contributed by atoms with E-state index in [1.165, 1.54) is 21.0 Å². The quantitative estimate of drug-likeness (QED) is 0.609. The fourth-order valence-corrected chi connectivity index (χ4v) is 2.81. The fourth-order valence-electron chi connectivity index (χ4n) is 2.25. The summed E-state index contributed by atoms with van der Waals surface area (Å²) in [4.78, 5) is 23.7. The first-order valence-electron chi connectivity index (χ1n) is 7.72. The summed E-state index contributed by atoms with van der Waals surface area (Å²) in [6, 6.07) is 10.3. The van der Waals surface area contributed by atoms with Crippen molar-refractivity contribution in [1.29, 1.82) is 0 Å². The topological polar surface area (TPSA) is 72.8 Å². The molecular weight excluding hydrogens is 379 g/mol. The van der Waals surface area contributed by atoms with Gasteiger partial charge in [0.1, 0.15) is 5.75 Å². The predicted octanol–water partition coefficient (Wildman–Crippen LogP) is 4.05. The van der Waals surface area contributed by atoms with Crippen LogP contribution in [0, 0.1) is 0 Å². The van der Waals surface area contributed by atoms with Crippen LogP contribution in [0.5, 0.6) is 5.75 Å². The number of hydrogen-bond donors (Lipinski definition) is 1. The minimum atomic E-state index is -1.75. The molecule has 0 radical (unpaired) electrons. The van der Waals surface area contributed by atoms with E-state index in [-0.39, 0.29) is 6.42 Å². The summed E-state index contributed by atoms with van der Waals surface area (Å²) in [5.74, 6) is -1.34. The molecule has 0 saturated carbocycles. The molecule has 0 spiro atoms. The summed E-state index contributed by atoms with van der Waals surface area (Å²) in [5, 5.41) is 10.3. The van der Waals surface area contributed by atoms with Crippen molar-refractivity contribution >= 4 is 35.1 Å². The molecule has 2 aromatic rings. The Balaban J connectivity index is 2.35. The molecule has 0 saturated heterocycles. The molecule has 5 nitrogen and oxygen atoms in total. The minimum Gasteiger partial charge on any atom is -0.495 e. The monoisotopic (exact) mass is 396 g/mol. The highest BCUT2D eigenvalue weighted by Crippen LogP contribution is 2.38. The van der Waals surface area contributed by atoms with Gasteiger partial charge in [-0.15, -0.1) is 0 Å². The van der Waals surface area contributed by atoms with Crippen LogP contribution >= 0.6 is 23.2 Å². The Hall–Kier alpha value is -2.08. The zero-order chi connectivity index (χ0) is 19.5. The van der Waals surface area contributed by atoms with Crippen LogP contribution in [0.3, 0.4) is 0 Å². The van der Waals surface area contributed by atoms with E-state index in [0.717, 1.165) is 0 Å². The Morgan fingerprint density at radius 1 is 1.08 bits per heavy atom. The zero-order valence-corrected chi connectivity index (χ0v) is 16.0. The van der Waals surface area contributed by atoms with Gasteiger partial charge in [0.25, 0.3) is 0 Å². The molecule has 1 N–H and O–H groups in total. The van der Waals surface area contributed by atoms with Gasteiger partial charge >= 0.3 is 11.9 Å². The van der Waals surface area contributed by atoms with Gasteiger partial charge < -0.3 is 14.6 Å². The van der Waals surface area contributed by atoms with Crippen LogP contribution in [0.1, 0.15) is 19.4 Å². The third-order valence-electron chi connectivity index (χ3n) is 3.59. The number of carbonyl (C=O) groups is 2. The summed E-state index contributed by atoms with van der Waals surface area (Å²) < 4.78 is 9.92. The lowest BCUT2D eigenvalue weighted by Gasteiger charge is -2.15. The normalized spacial score (nSPS) is 11.2. The number of benzene rings is 2. The molecule has 0 aliphatic carbocycles. The van der Waals surface area contributed by atoms with E-state index in [0.29, 0.717) is 32.5 Å². The molecule has 0 atom stereocenters. The fraction of sp³-hybridized carbons (Fsp3) is 0.263. The van der Waals surface area contributed by atoms with Crippen LogP contribution in [0.2, 0.25) is 10.0 Å². The van der Waals surface area contributed by atoms with Crippen molar-refractivity contribution in [1.82, 2.24) is 0 Å². The molecule has 0 aromatic heterocycles. The van der Waals surface area contributed by atoms with Crippen molar-refractivity contribution in [3.05, 3.63) is 52.0 Å². The highest BCUT2D eigenvalue weighted by atomic mass is 35.5. The van der Waals surface area contributed by atoms with Gasteiger partial charge in [0.05, 0.1) is 23.6 Å². The van der Waals surface area contributed by atoms with Crippen molar-refractivity contribution in [3.63, 3.8) is 0 Å². The number of methoxy groups -OCH3 is 1. The van der Waals surface area contributed by atoms with E-state index in [1.807, 2.05) is 0 Å². The van der Waals surface area contributed by atoms with Crippen molar-refractivity contribution in [3.8, 4) is 16.9 Å². The van der Waals surface area contributed by atoms with Crippen molar-refractivity contribution in [2.45, 2.75) is 25.9 Å². The highest BCUT2D eigenvalue weighted by Gasteiger charge is 2.28. The SMILES string of the molecule is COc1cc(-c2ccccc2CC(=O)OC(=O)C(C)(C)O)c(Cl)cc1Cl. The molecular formula is C19H18Cl2O5. The molecule has 0 fully saturated rings. The second kappa shape index (κ2) is 8.08. The van der Waals surface area contributed by atoms with E-state index >= 15 is 0 Å². The second-order valence-electron chi connectivity index (χ2n) is 6.12. The van der Waals surface area contributed by atoms with E-state index in [9.17, 15) is 14.7 Å². The molecule has 2 rings (SSSR count). The maximum Gasteiger partial charge on any atom is 0.345 e. The molecule has 0 unspecified atom stereocenters. The third kappa shape index (κ3) is 4.75. The van der Waals surface area contributed by atoms with E-state index in [4.69, 9.17) is 32.7 Å². The Bertz CT molecular complexity index is 840. The Kier molecular flexibility index (Phi) is 6.29. The van der Waals surface area contributed by atoms with Crippen LogP contribution in [-0.2, 0) is 20.7 Å². The molecule has 2 aromatic carbocycles. The first kappa shape index (κ1) is 20.2. The van der Waals surface area contributed by atoms with Crippen molar-refractivity contribution in [2.24, 2.45) is 0 Å². The molecule has 138 valence electrons. The van der Waals surface area contributed by atoms with Gasteiger partial charge in [-0.2, -0.15) is 0 Å². The van der Waals surface area contributed by atoms with Gasteiger partial charge in [-0.25, -0.2) is 4.79 Å². The van der Waals surface area contributed by atoms with Crippen LogP contribution in [-0.4, -0.2) is 29.8 Å². The smallest absolute Gasteiger partial charge is 0.345 e. The largest absolute Gasteiger partial charge is 0.495 e. The zero-order valence-electron chi connectivity index (χ0n) is 14.5. The molecule has 0 amide bonds. The second-order valence-corrected chi connectivity index (χ2v) is 6.94. The first-order valence-corrected chi connectivity index (χ1v) is 8.48. The molecule has 0 bridgehead atoms. The Morgan fingerprint density at radius 2 is 1.73 bits per heavy atom. The van der Waals surface area contributed by atoms with Gasteiger partial charge in [-0.05, 0) is 37.1 Å².